The number of amides is 1. The van der Waals surface area contributed by atoms with Crippen molar-refractivity contribution in [3.05, 3.63) is 22.3 Å². The molecule has 2 aliphatic carbocycles. The minimum absolute atomic E-state index is 0.0533. The van der Waals surface area contributed by atoms with Crippen LogP contribution in [-0.4, -0.2) is 51.7 Å². The third-order valence-electron chi connectivity index (χ3n) is 6.51. The van der Waals surface area contributed by atoms with E-state index >= 15 is 0 Å². The van der Waals surface area contributed by atoms with E-state index in [9.17, 15) is 26.7 Å². The fourth-order valence-corrected chi connectivity index (χ4v) is 8.51. The van der Waals surface area contributed by atoms with Crippen LogP contribution in [0.3, 0.4) is 0 Å². The van der Waals surface area contributed by atoms with Crippen LogP contribution < -0.4 is 10.6 Å². The lowest BCUT2D eigenvalue weighted by Gasteiger charge is -2.36. The highest BCUT2D eigenvalue weighted by Gasteiger charge is 2.54. The number of hydrogen-bond donors (Lipinski definition) is 3. The van der Waals surface area contributed by atoms with Crippen LogP contribution in [-0.2, 0) is 31.1 Å². The SMILES string of the molecule is CS(=O)(=O)CCc1csc2c1S(=O)(=O)N=C(C1=C(O)C3C4CCC(C4)C3NC1=O)N2. The Balaban J connectivity index is 1.52. The van der Waals surface area contributed by atoms with Gasteiger partial charge in [-0.15, -0.1) is 15.7 Å². The van der Waals surface area contributed by atoms with Gasteiger partial charge in [0.2, 0.25) is 0 Å². The molecule has 2 aliphatic heterocycles. The van der Waals surface area contributed by atoms with Crippen LogP contribution in [0.5, 0.6) is 0 Å². The molecular weight excluding hydrogens is 450 g/mol. The van der Waals surface area contributed by atoms with E-state index in [1.807, 2.05) is 0 Å². The zero-order valence-electron chi connectivity index (χ0n) is 16.1. The molecule has 2 bridgehead atoms. The first kappa shape index (κ1) is 20.0. The number of aryl methyl sites for hydroxylation is 1. The van der Waals surface area contributed by atoms with Crippen LogP contribution in [0, 0.1) is 17.8 Å². The third kappa shape index (κ3) is 3.07. The number of thiophene rings is 1. The van der Waals surface area contributed by atoms with Crippen molar-refractivity contribution in [2.24, 2.45) is 22.2 Å². The molecule has 3 heterocycles. The maximum absolute atomic E-state index is 12.9. The Morgan fingerprint density at radius 2 is 2.03 bits per heavy atom. The van der Waals surface area contributed by atoms with Crippen molar-refractivity contribution >= 4 is 47.9 Å². The van der Waals surface area contributed by atoms with Gasteiger partial charge in [-0.2, -0.15) is 8.42 Å². The smallest absolute Gasteiger partial charge is 0.287 e. The first-order valence-corrected chi connectivity index (χ1v) is 14.1. The maximum Gasteiger partial charge on any atom is 0.287 e. The van der Waals surface area contributed by atoms with E-state index in [1.165, 1.54) is 0 Å². The van der Waals surface area contributed by atoms with Crippen molar-refractivity contribution < 1.29 is 26.7 Å². The Kier molecular flexibility index (Phi) is 4.36. The second kappa shape index (κ2) is 6.54. The highest BCUT2D eigenvalue weighted by atomic mass is 32.2. The van der Waals surface area contributed by atoms with Crippen molar-refractivity contribution in [2.75, 3.05) is 17.3 Å². The summed E-state index contributed by atoms with van der Waals surface area (Å²) in [5.41, 5.74) is 0.249. The number of fused-ring (bicyclic) bond motifs is 6. The van der Waals surface area contributed by atoms with E-state index in [2.05, 4.69) is 15.0 Å². The summed E-state index contributed by atoms with van der Waals surface area (Å²) in [5, 5.41) is 18.6. The maximum atomic E-state index is 12.9. The van der Waals surface area contributed by atoms with Gasteiger partial charge in [0, 0.05) is 18.2 Å². The lowest BCUT2D eigenvalue weighted by molar-refractivity contribution is -0.119. The number of nitrogens with one attached hydrogen (secondary N) is 2. The number of rotatable bonds is 4. The van der Waals surface area contributed by atoms with Gasteiger partial charge in [-0.25, -0.2) is 8.42 Å². The molecule has 0 spiro atoms. The minimum atomic E-state index is -4.16. The van der Waals surface area contributed by atoms with Crippen molar-refractivity contribution in [3.63, 3.8) is 0 Å². The van der Waals surface area contributed by atoms with Crippen molar-refractivity contribution in [1.82, 2.24) is 5.32 Å². The molecule has 30 heavy (non-hydrogen) atoms. The van der Waals surface area contributed by atoms with Gasteiger partial charge in [-0.05, 0) is 48.5 Å². The molecule has 9 nitrogen and oxygen atoms in total. The molecule has 2 saturated carbocycles. The number of sulfone groups is 1. The Bertz CT molecular complexity index is 1230. The van der Waals surface area contributed by atoms with E-state index in [4.69, 9.17) is 0 Å². The Morgan fingerprint density at radius 3 is 2.77 bits per heavy atom. The van der Waals surface area contributed by atoms with Crippen LogP contribution in [0.4, 0.5) is 5.00 Å². The summed E-state index contributed by atoms with van der Waals surface area (Å²) in [4.78, 5) is 12.7. The van der Waals surface area contributed by atoms with Crippen LogP contribution >= 0.6 is 11.3 Å². The Hall–Kier alpha value is -1.92. The molecule has 0 aromatic carbocycles. The second-order valence-electron chi connectivity index (χ2n) is 8.46. The number of aliphatic hydroxyl groups is 1. The fraction of sp³-hybridized carbons (Fsp3) is 0.556. The van der Waals surface area contributed by atoms with Gasteiger partial charge in [0.1, 0.15) is 31.1 Å². The van der Waals surface area contributed by atoms with Gasteiger partial charge in [-0.1, -0.05) is 0 Å². The molecule has 162 valence electrons. The van der Waals surface area contributed by atoms with E-state index in [0.717, 1.165) is 36.9 Å². The normalized spacial score (nSPS) is 31.6. The topological polar surface area (TPSA) is 142 Å². The van der Waals surface area contributed by atoms with E-state index < -0.39 is 25.8 Å². The first-order chi connectivity index (χ1) is 14.0. The van der Waals surface area contributed by atoms with Crippen LogP contribution in [0.25, 0.3) is 0 Å². The summed E-state index contributed by atoms with van der Waals surface area (Å²) in [6.45, 7) is 0. The van der Waals surface area contributed by atoms with Gasteiger partial charge in [-0.3, -0.25) is 4.79 Å². The minimum Gasteiger partial charge on any atom is -0.511 e. The number of hydrogen-bond acceptors (Lipinski definition) is 8. The predicted molar refractivity (Wildman–Crippen MR) is 112 cm³/mol. The molecule has 4 aliphatic rings. The molecule has 4 unspecified atom stereocenters. The van der Waals surface area contributed by atoms with Gasteiger partial charge in [0.15, 0.2) is 5.84 Å². The van der Waals surface area contributed by atoms with E-state index in [-0.39, 0.29) is 57.1 Å². The third-order valence-corrected chi connectivity index (χ3v) is 9.93. The Morgan fingerprint density at radius 1 is 1.30 bits per heavy atom. The Labute approximate surface area is 178 Å². The fourth-order valence-electron chi connectivity index (χ4n) is 5.25. The monoisotopic (exact) mass is 471 g/mol. The predicted octanol–water partition coefficient (Wildman–Crippen LogP) is 1.20. The van der Waals surface area contributed by atoms with Crippen molar-refractivity contribution in [1.29, 1.82) is 0 Å². The number of carbonyl (C=O) groups excluding carboxylic acids is 1. The summed E-state index contributed by atoms with van der Waals surface area (Å²) >= 11 is 1.10. The van der Waals surface area contributed by atoms with Crippen LogP contribution in [0.1, 0.15) is 24.8 Å². The van der Waals surface area contributed by atoms with Gasteiger partial charge < -0.3 is 15.7 Å². The zero-order valence-corrected chi connectivity index (χ0v) is 18.5. The standard InChI is InChI=1S/C18H21N3O6S3/c1-29(24,25)5-4-10-7-28-18-15(10)30(26,27)21-16(20-18)12-14(22)11-8-2-3-9(6-8)13(11)19-17(12)23/h7-9,11,13,22H,2-6H2,1H3,(H,19,23)(H,20,21). The molecular formula is C18H21N3O6S3. The quantitative estimate of drug-likeness (QED) is 0.599. The summed E-state index contributed by atoms with van der Waals surface area (Å²) in [6, 6.07) is -0.110. The zero-order chi connectivity index (χ0) is 21.4. The average molecular weight is 472 g/mol. The molecule has 1 aromatic rings. The summed E-state index contributed by atoms with van der Waals surface area (Å²) in [6.07, 6.45) is 4.10. The van der Waals surface area contributed by atoms with Crippen molar-refractivity contribution in [3.8, 4) is 0 Å². The highest BCUT2D eigenvalue weighted by Crippen LogP contribution is 2.52. The van der Waals surface area contributed by atoms with Gasteiger partial charge in [0.25, 0.3) is 15.9 Å². The van der Waals surface area contributed by atoms with E-state index in [1.54, 1.807) is 5.38 Å². The molecule has 5 rings (SSSR count). The lowest BCUT2D eigenvalue weighted by Crippen LogP contribution is -2.51. The highest BCUT2D eigenvalue weighted by molar-refractivity contribution is 7.91. The molecule has 0 saturated heterocycles. The summed E-state index contributed by atoms with van der Waals surface area (Å²) in [7, 11) is -7.42. The molecule has 3 N–H and O–H groups in total. The van der Waals surface area contributed by atoms with E-state index in [0.29, 0.717) is 11.5 Å². The number of aliphatic hydroxyl groups excluding tert-OH is 1. The van der Waals surface area contributed by atoms with Crippen molar-refractivity contribution in [2.45, 2.75) is 36.6 Å². The number of sulfonamides is 1. The second-order valence-corrected chi connectivity index (χ2v) is 13.1. The first-order valence-electron chi connectivity index (χ1n) is 9.69. The van der Waals surface area contributed by atoms with Gasteiger partial charge >= 0.3 is 0 Å². The number of amidine groups is 1. The summed E-state index contributed by atoms with van der Waals surface area (Å²) in [5.74, 6) is -0.568. The largest absolute Gasteiger partial charge is 0.511 e. The number of anilines is 1. The molecule has 1 aromatic heterocycles. The molecule has 12 heteroatoms. The number of nitrogens with zero attached hydrogens (tertiary/aromatic N) is 1. The lowest BCUT2D eigenvalue weighted by atomic mass is 9.79. The molecule has 4 atom stereocenters. The molecule has 0 radical (unpaired) electrons. The molecule has 2 fully saturated rings. The molecule has 1 amide bonds. The average Bonchev–Trinajstić information content (AvgIpc) is 3.33. The summed E-state index contributed by atoms with van der Waals surface area (Å²) < 4.78 is 52.5. The van der Waals surface area contributed by atoms with Crippen LogP contribution in [0.15, 0.2) is 26.0 Å². The van der Waals surface area contributed by atoms with Crippen LogP contribution in [0.2, 0.25) is 0 Å². The number of carbonyl (C=O) groups is 1. The van der Waals surface area contributed by atoms with Gasteiger partial charge in [0.05, 0.1) is 5.75 Å².